The summed E-state index contributed by atoms with van der Waals surface area (Å²) in [6.07, 6.45) is 1.64. The summed E-state index contributed by atoms with van der Waals surface area (Å²) < 4.78 is 27.1. The van der Waals surface area contributed by atoms with Gasteiger partial charge in [-0.1, -0.05) is 26.0 Å². The van der Waals surface area contributed by atoms with Crippen LogP contribution in [0, 0.1) is 6.92 Å². The van der Waals surface area contributed by atoms with Crippen LogP contribution in [-0.2, 0) is 16.6 Å². The highest BCUT2D eigenvalue weighted by Gasteiger charge is 2.27. The van der Waals surface area contributed by atoms with Gasteiger partial charge in [-0.25, -0.2) is 8.42 Å². The molecule has 0 aliphatic heterocycles. The Balaban J connectivity index is 3.23. The first-order valence-electron chi connectivity index (χ1n) is 7.10. The second kappa shape index (κ2) is 7.20. The van der Waals surface area contributed by atoms with Gasteiger partial charge < -0.3 is 5.32 Å². The van der Waals surface area contributed by atoms with Crippen molar-refractivity contribution in [2.24, 2.45) is 0 Å². The largest absolute Gasteiger partial charge is 0.316 e. The fraction of sp³-hybridized carbons (Fsp3) is 0.600. The average molecular weight is 298 g/mol. The lowest BCUT2D eigenvalue weighted by molar-refractivity contribution is 0.349. The molecule has 0 bridgehead atoms. The monoisotopic (exact) mass is 298 g/mol. The van der Waals surface area contributed by atoms with Gasteiger partial charge in [-0.15, -0.1) is 0 Å². The molecule has 0 fully saturated rings. The van der Waals surface area contributed by atoms with E-state index in [0.29, 0.717) is 11.4 Å². The van der Waals surface area contributed by atoms with E-state index in [1.165, 1.54) is 4.31 Å². The van der Waals surface area contributed by atoms with Crippen molar-refractivity contribution in [1.29, 1.82) is 0 Å². The number of rotatable bonds is 7. The zero-order valence-electron chi connectivity index (χ0n) is 13.1. The molecular weight excluding hydrogens is 272 g/mol. The molecular formula is C15H26N2O2S. The molecule has 0 unspecified atom stereocenters. The zero-order chi connectivity index (χ0) is 15.3. The van der Waals surface area contributed by atoms with Crippen LogP contribution in [0.2, 0.25) is 0 Å². The fourth-order valence-corrected chi connectivity index (χ4v) is 4.17. The molecule has 1 rings (SSSR count). The standard InChI is InChI=1S/C15H26N2O2S/c1-6-14(7-2)17(5)20(18,19)15-10-13(11-16-4)9-8-12(15)3/h8-10,14,16H,6-7,11H2,1-5H3. The molecule has 20 heavy (non-hydrogen) atoms. The van der Waals surface area contributed by atoms with Crippen molar-refractivity contribution < 1.29 is 8.42 Å². The van der Waals surface area contributed by atoms with Crippen molar-refractivity contribution in [1.82, 2.24) is 9.62 Å². The van der Waals surface area contributed by atoms with E-state index in [2.05, 4.69) is 5.32 Å². The normalized spacial score (nSPS) is 12.3. The third-order valence-corrected chi connectivity index (χ3v) is 5.80. The number of sulfonamides is 1. The second-order valence-electron chi connectivity index (χ2n) is 5.12. The van der Waals surface area contributed by atoms with Crippen LogP contribution >= 0.6 is 0 Å². The van der Waals surface area contributed by atoms with Crippen LogP contribution in [0.4, 0.5) is 0 Å². The fourth-order valence-electron chi connectivity index (χ4n) is 2.39. The van der Waals surface area contributed by atoms with Gasteiger partial charge in [-0.3, -0.25) is 0 Å². The summed E-state index contributed by atoms with van der Waals surface area (Å²) in [7, 11) is 0.101. The summed E-state index contributed by atoms with van der Waals surface area (Å²) in [6.45, 7) is 6.54. The molecule has 0 heterocycles. The van der Waals surface area contributed by atoms with Gasteiger partial charge in [0.05, 0.1) is 4.90 Å². The molecule has 0 amide bonds. The first kappa shape index (κ1) is 17.1. The van der Waals surface area contributed by atoms with E-state index < -0.39 is 10.0 Å². The molecule has 114 valence electrons. The third kappa shape index (κ3) is 3.59. The Morgan fingerprint density at radius 3 is 2.35 bits per heavy atom. The van der Waals surface area contributed by atoms with E-state index in [0.717, 1.165) is 24.0 Å². The Morgan fingerprint density at radius 2 is 1.85 bits per heavy atom. The molecule has 0 radical (unpaired) electrons. The molecule has 0 aliphatic rings. The zero-order valence-corrected chi connectivity index (χ0v) is 13.9. The molecule has 1 aromatic rings. The number of benzene rings is 1. The lowest BCUT2D eigenvalue weighted by atomic mass is 10.1. The predicted molar refractivity (Wildman–Crippen MR) is 83.3 cm³/mol. The molecule has 0 saturated heterocycles. The lowest BCUT2D eigenvalue weighted by Gasteiger charge is -2.26. The quantitative estimate of drug-likeness (QED) is 0.841. The van der Waals surface area contributed by atoms with Crippen LogP contribution in [0.5, 0.6) is 0 Å². The van der Waals surface area contributed by atoms with Crippen molar-refractivity contribution in [3.63, 3.8) is 0 Å². The summed E-state index contributed by atoms with van der Waals surface area (Å²) in [6, 6.07) is 5.66. The number of hydrogen-bond donors (Lipinski definition) is 1. The maximum atomic E-state index is 12.8. The maximum absolute atomic E-state index is 12.8. The number of hydrogen-bond acceptors (Lipinski definition) is 3. The molecule has 0 atom stereocenters. The lowest BCUT2D eigenvalue weighted by Crippen LogP contribution is -2.36. The van der Waals surface area contributed by atoms with Gasteiger partial charge in [0.25, 0.3) is 0 Å². The highest BCUT2D eigenvalue weighted by molar-refractivity contribution is 7.89. The van der Waals surface area contributed by atoms with Gasteiger partial charge in [0.1, 0.15) is 0 Å². The summed E-state index contributed by atoms with van der Waals surface area (Å²) in [5.74, 6) is 0. The molecule has 5 heteroatoms. The van der Waals surface area contributed by atoms with Crippen molar-refractivity contribution in [2.45, 2.75) is 51.1 Å². The van der Waals surface area contributed by atoms with Gasteiger partial charge in [-0.2, -0.15) is 4.31 Å². The Morgan fingerprint density at radius 1 is 1.25 bits per heavy atom. The minimum absolute atomic E-state index is 0.0485. The number of nitrogens with one attached hydrogen (secondary N) is 1. The van der Waals surface area contributed by atoms with Gasteiger partial charge in [0.2, 0.25) is 10.0 Å². The highest BCUT2D eigenvalue weighted by atomic mass is 32.2. The Bertz CT molecular complexity index is 537. The van der Waals surface area contributed by atoms with E-state index in [-0.39, 0.29) is 6.04 Å². The number of nitrogens with zero attached hydrogens (tertiary/aromatic N) is 1. The summed E-state index contributed by atoms with van der Waals surface area (Å²) in [4.78, 5) is 0.416. The van der Waals surface area contributed by atoms with Crippen molar-refractivity contribution in [3.8, 4) is 0 Å². The van der Waals surface area contributed by atoms with Gasteiger partial charge in [-0.05, 0) is 44.0 Å². The van der Waals surface area contributed by atoms with Gasteiger partial charge in [0, 0.05) is 19.6 Å². The number of aryl methyl sites for hydroxylation is 1. The topological polar surface area (TPSA) is 49.4 Å². The third-order valence-electron chi connectivity index (χ3n) is 3.75. The van der Waals surface area contributed by atoms with E-state index in [4.69, 9.17) is 0 Å². The van der Waals surface area contributed by atoms with Crippen molar-refractivity contribution >= 4 is 10.0 Å². The Kier molecular flexibility index (Phi) is 6.17. The molecule has 0 aromatic heterocycles. The van der Waals surface area contributed by atoms with Gasteiger partial charge in [0.15, 0.2) is 0 Å². The van der Waals surface area contributed by atoms with E-state index >= 15 is 0 Å². The molecule has 1 aromatic carbocycles. The first-order chi connectivity index (χ1) is 9.38. The highest BCUT2D eigenvalue weighted by Crippen LogP contribution is 2.23. The van der Waals surface area contributed by atoms with E-state index in [1.807, 2.05) is 40.0 Å². The Labute approximate surface area is 123 Å². The van der Waals surface area contributed by atoms with Crippen molar-refractivity contribution in [3.05, 3.63) is 29.3 Å². The minimum atomic E-state index is -3.43. The van der Waals surface area contributed by atoms with Crippen molar-refractivity contribution in [2.75, 3.05) is 14.1 Å². The molecule has 0 saturated carbocycles. The maximum Gasteiger partial charge on any atom is 0.243 e. The smallest absolute Gasteiger partial charge is 0.243 e. The molecule has 4 nitrogen and oxygen atoms in total. The second-order valence-corrected chi connectivity index (χ2v) is 7.09. The van der Waals surface area contributed by atoms with Crippen LogP contribution in [0.15, 0.2) is 23.1 Å². The summed E-state index contributed by atoms with van der Waals surface area (Å²) >= 11 is 0. The molecule has 0 spiro atoms. The van der Waals surface area contributed by atoms with Crippen LogP contribution in [0.1, 0.15) is 37.8 Å². The first-order valence-corrected chi connectivity index (χ1v) is 8.54. The predicted octanol–water partition coefficient (Wildman–Crippen LogP) is 2.52. The molecule has 1 N–H and O–H groups in total. The minimum Gasteiger partial charge on any atom is -0.316 e. The SMILES string of the molecule is CCC(CC)N(C)S(=O)(=O)c1cc(CNC)ccc1C. The van der Waals surface area contributed by atoms with Crippen LogP contribution in [0.3, 0.4) is 0 Å². The Hall–Kier alpha value is -0.910. The molecule has 0 aliphatic carbocycles. The van der Waals surface area contributed by atoms with Crippen LogP contribution < -0.4 is 5.32 Å². The summed E-state index contributed by atoms with van der Waals surface area (Å²) in [5.41, 5.74) is 1.78. The van der Waals surface area contributed by atoms with Gasteiger partial charge >= 0.3 is 0 Å². The average Bonchev–Trinajstić information content (AvgIpc) is 2.42. The van der Waals surface area contributed by atoms with Crippen LogP contribution in [-0.4, -0.2) is 32.9 Å². The van der Waals surface area contributed by atoms with E-state index in [9.17, 15) is 8.42 Å². The van der Waals surface area contributed by atoms with Crippen LogP contribution in [0.25, 0.3) is 0 Å². The van der Waals surface area contributed by atoms with E-state index in [1.54, 1.807) is 13.1 Å². The summed E-state index contributed by atoms with van der Waals surface area (Å²) in [5, 5.41) is 3.05.